The van der Waals surface area contributed by atoms with Crippen molar-refractivity contribution in [3.63, 3.8) is 0 Å². The van der Waals surface area contributed by atoms with E-state index >= 15 is 0 Å². The number of rotatable bonds is 5. The third-order valence-electron chi connectivity index (χ3n) is 4.57. The van der Waals surface area contributed by atoms with Crippen molar-refractivity contribution in [2.24, 2.45) is 5.41 Å². The molecule has 2 aromatic rings. The molecule has 2 heterocycles. The van der Waals surface area contributed by atoms with Gasteiger partial charge in [-0.3, -0.25) is 14.4 Å². The van der Waals surface area contributed by atoms with E-state index in [4.69, 9.17) is 0 Å². The molecule has 0 saturated heterocycles. The maximum atomic E-state index is 12.2. The van der Waals surface area contributed by atoms with E-state index in [2.05, 4.69) is 4.98 Å². The van der Waals surface area contributed by atoms with Gasteiger partial charge in [-0.15, -0.1) is 11.8 Å². The van der Waals surface area contributed by atoms with Gasteiger partial charge in [-0.05, 0) is 17.7 Å². The lowest BCUT2D eigenvalue weighted by Crippen LogP contribution is -2.44. The molecule has 2 atom stereocenters. The molecule has 0 radical (unpaired) electrons. The molecule has 9 heteroatoms. The molecule has 138 valence electrons. The van der Waals surface area contributed by atoms with Gasteiger partial charge in [0, 0.05) is 36.3 Å². The van der Waals surface area contributed by atoms with Crippen molar-refractivity contribution < 1.29 is 19.8 Å². The van der Waals surface area contributed by atoms with E-state index in [1.54, 1.807) is 0 Å². The highest BCUT2D eigenvalue weighted by Gasteiger charge is 2.53. The first-order chi connectivity index (χ1) is 12.2. The molecular formula is C17H18N2O5S2. The molecule has 1 aromatic carbocycles. The summed E-state index contributed by atoms with van der Waals surface area (Å²) >= 11 is 2.15. The monoisotopic (exact) mass is 394 g/mol. The minimum absolute atomic E-state index is 0.0778. The molecule has 3 N–H and O–H groups in total. The van der Waals surface area contributed by atoms with Crippen molar-refractivity contribution in [2.75, 3.05) is 24.7 Å². The normalized spacial score (nSPS) is 21.8. The van der Waals surface area contributed by atoms with Crippen molar-refractivity contribution in [3.8, 4) is 0 Å². The second-order valence-corrected chi connectivity index (χ2v) is 8.45. The van der Waals surface area contributed by atoms with Crippen LogP contribution in [0.15, 0.2) is 34.1 Å². The number of anilines is 1. The van der Waals surface area contributed by atoms with Crippen LogP contribution in [0.2, 0.25) is 0 Å². The van der Waals surface area contributed by atoms with Crippen molar-refractivity contribution in [1.29, 1.82) is 0 Å². The van der Waals surface area contributed by atoms with Crippen molar-refractivity contribution in [3.05, 3.63) is 44.4 Å². The third kappa shape index (κ3) is 3.12. The fourth-order valence-corrected chi connectivity index (χ4v) is 5.84. The largest absolute Gasteiger partial charge is 0.481 e. The third-order valence-corrected chi connectivity index (χ3v) is 6.91. The van der Waals surface area contributed by atoms with Gasteiger partial charge in [0.15, 0.2) is 0 Å². The molecule has 0 amide bonds. The average molecular weight is 394 g/mol. The minimum atomic E-state index is -1.52. The maximum Gasteiger partial charge on any atom is 0.312 e. The summed E-state index contributed by atoms with van der Waals surface area (Å²) in [5, 5.41) is 20.0. The Labute approximate surface area is 157 Å². The fraction of sp³-hybridized carbons (Fsp3) is 0.353. The number of carbonyl (C=O) groups is 2. The van der Waals surface area contributed by atoms with E-state index in [1.807, 2.05) is 43.3 Å². The highest BCUT2D eigenvalue weighted by Crippen LogP contribution is 2.54. The number of hydrogen-bond acceptors (Lipinski definition) is 6. The molecule has 26 heavy (non-hydrogen) atoms. The van der Waals surface area contributed by atoms with E-state index in [-0.39, 0.29) is 10.6 Å². The van der Waals surface area contributed by atoms with Crippen LogP contribution in [-0.4, -0.2) is 47.0 Å². The molecule has 7 nitrogen and oxygen atoms in total. The highest BCUT2D eigenvalue weighted by molar-refractivity contribution is 7.99. The average Bonchev–Trinajstić information content (AvgIpc) is 2.94. The smallest absolute Gasteiger partial charge is 0.312 e. The van der Waals surface area contributed by atoms with Crippen LogP contribution in [0.25, 0.3) is 0 Å². The summed E-state index contributed by atoms with van der Waals surface area (Å²) in [5.74, 6) is -2.96. The Morgan fingerprint density at radius 3 is 2.46 bits per heavy atom. The van der Waals surface area contributed by atoms with Gasteiger partial charge in [0.2, 0.25) is 0 Å². The zero-order valence-electron chi connectivity index (χ0n) is 14.2. The molecule has 3 rings (SSSR count). The summed E-state index contributed by atoms with van der Waals surface area (Å²) in [4.78, 5) is 40.5. The van der Waals surface area contributed by atoms with E-state index < -0.39 is 29.7 Å². The molecule has 0 bridgehead atoms. The number of thioether (sulfide) groups is 1. The van der Waals surface area contributed by atoms with Gasteiger partial charge < -0.3 is 20.1 Å². The second-order valence-electron chi connectivity index (χ2n) is 6.45. The number of thiazole rings is 1. The van der Waals surface area contributed by atoms with Gasteiger partial charge in [-0.25, -0.2) is 0 Å². The first-order valence-electron chi connectivity index (χ1n) is 7.83. The van der Waals surface area contributed by atoms with Crippen LogP contribution in [0.5, 0.6) is 0 Å². The number of H-pyrrole nitrogens is 1. The van der Waals surface area contributed by atoms with Crippen LogP contribution in [0.1, 0.15) is 22.8 Å². The van der Waals surface area contributed by atoms with Gasteiger partial charge in [0.1, 0.15) is 0 Å². The second kappa shape index (κ2) is 6.81. The van der Waals surface area contributed by atoms with Crippen LogP contribution in [0.3, 0.4) is 0 Å². The topological polar surface area (TPSA) is 111 Å². The number of aliphatic carboxylic acids is 2. The number of hydrogen-bond donors (Lipinski definition) is 3. The van der Waals surface area contributed by atoms with Crippen LogP contribution < -0.4 is 9.77 Å². The summed E-state index contributed by atoms with van der Waals surface area (Å²) in [5.41, 5.74) is 0.116. The van der Waals surface area contributed by atoms with Crippen LogP contribution >= 0.6 is 23.1 Å². The summed E-state index contributed by atoms with van der Waals surface area (Å²) in [6.07, 6.45) is -0.513. The molecule has 1 aromatic heterocycles. The Kier molecular flexibility index (Phi) is 4.85. The predicted molar refractivity (Wildman–Crippen MR) is 101 cm³/mol. The van der Waals surface area contributed by atoms with Gasteiger partial charge in [0.25, 0.3) is 0 Å². The Hall–Kier alpha value is -2.26. The number of nitrogens with zero attached hydrogens (tertiary/aromatic N) is 1. The van der Waals surface area contributed by atoms with Gasteiger partial charge in [0.05, 0.1) is 16.9 Å². The number of aromatic nitrogens is 1. The van der Waals surface area contributed by atoms with Crippen LogP contribution in [0, 0.1) is 5.41 Å². The summed E-state index contributed by atoms with van der Waals surface area (Å²) < 4.78 is 0. The molecule has 0 aliphatic carbocycles. The Bertz CT molecular complexity index is 903. The van der Waals surface area contributed by atoms with Crippen molar-refractivity contribution in [1.82, 2.24) is 4.98 Å². The molecule has 2 unspecified atom stereocenters. The SMILES string of the molecule is CN(C)c1ccc(C2c3sc(=O)[nH]c3SCC2(CC(=O)O)C(=O)O)cc1. The zero-order chi connectivity index (χ0) is 19.1. The number of benzene rings is 1. The Morgan fingerprint density at radius 2 is 1.92 bits per heavy atom. The fourth-order valence-electron chi connectivity index (χ4n) is 3.28. The zero-order valence-corrected chi connectivity index (χ0v) is 15.8. The standard InChI is InChI=1S/C17H18N2O5S2/c1-19(2)10-5-3-9(4-6-10)12-13-14(18-16(24)26-13)25-8-17(12,15(22)23)7-11(20)21/h3-6,12H,7-8H2,1-2H3,(H,18,24)(H,20,21)(H,22,23). The maximum absolute atomic E-state index is 12.2. The summed E-state index contributed by atoms with van der Waals surface area (Å²) in [6.45, 7) is 0. The molecule has 0 saturated carbocycles. The molecule has 1 aliphatic rings. The number of aromatic amines is 1. The molecule has 0 spiro atoms. The van der Waals surface area contributed by atoms with E-state index in [0.29, 0.717) is 15.5 Å². The predicted octanol–water partition coefficient (Wildman–Crippen LogP) is 2.29. The molecule has 0 fully saturated rings. The highest BCUT2D eigenvalue weighted by atomic mass is 32.2. The Morgan fingerprint density at radius 1 is 1.27 bits per heavy atom. The first-order valence-corrected chi connectivity index (χ1v) is 9.63. The number of fused-ring (bicyclic) bond motifs is 1. The number of carboxylic acid groups (broad SMARTS) is 2. The lowest BCUT2D eigenvalue weighted by molar-refractivity contribution is -0.155. The van der Waals surface area contributed by atoms with Gasteiger partial charge >= 0.3 is 16.8 Å². The quantitative estimate of drug-likeness (QED) is 0.713. The summed E-state index contributed by atoms with van der Waals surface area (Å²) in [7, 11) is 3.79. The Balaban J connectivity index is 2.20. The molecular weight excluding hydrogens is 376 g/mol. The number of carboxylic acids is 2. The van der Waals surface area contributed by atoms with Crippen LogP contribution in [0.4, 0.5) is 5.69 Å². The van der Waals surface area contributed by atoms with E-state index in [0.717, 1.165) is 17.0 Å². The van der Waals surface area contributed by atoms with Crippen molar-refractivity contribution in [2.45, 2.75) is 17.4 Å². The van der Waals surface area contributed by atoms with E-state index in [9.17, 15) is 24.6 Å². The van der Waals surface area contributed by atoms with Gasteiger partial charge in [-0.1, -0.05) is 23.5 Å². The van der Waals surface area contributed by atoms with Crippen LogP contribution in [-0.2, 0) is 9.59 Å². The molecule has 1 aliphatic heterocycles. The van der Waals surface area contributed by atoms with E-state index in [1.165, 1.54) is 11.8 Å². The van der Waals surface area contributed by atoms with Gasteiger partial charge in [-0.2, -0.15) is 0 Å². The lowest BCUT2D eigenvalue weighted by atomic mass is 9.70. The summed E-state index contributed by atoms with van der Waals surface area (Å²) in [6, 6.07) is 7.34. The van der Waals surface area contributed by atoms with Crippen molar-refractivity contribution >= 4 is 40.7 Å². The minimum Gasteiger partial charge on any atom is -0.481 e. The lowest BCUT2D eigenvalue weighted by Gasteiger charge is -2.39. The first kappa shape index (κ1) is 18.5. The number of nitrogens with one attached hydrogen (secondary N) is 1.